The van der Waals surface area contributed by atoms with Crippen LogP contribution in [0.3, 0.4) is 0 Å². The summed E-state index contributed by atoms with van der Waals surface area (Å²) in [6.07, 6.45) is -3.73. The van der Waals surface area contributed by atoms with E-state index in [-0.39, 0.29) is 12.6 Å². The fraction of sp³-hybridized carbons (Fsp3) is 0.571. The Balaban J connectivity index is 2.61. The van der Waals surface area contributed by atoms with E-state index in [9.17, 15) is 17.6 Å². The second kappa shape index (κ2) is 8.19. The first-order valence-electron chi connectivity index (χ1n) is 6.54. The molecule has 3 nitrogen and oxygen atoms in total. The number of hydrogen-bond acceptors (Lipinski definition) is 3. The summed E-state index contributed by atoms with van der Waals surface area (Å²) < 4.78 is 59.6. The molecule has 1 N–H and O–H groups in total. The van der Waals surface area contributed by atoms with Gasteiger partial charge < -0.3 is 14.8 Å². The quantitative estimate of drug-likeness (QED) is 0.710. The van der Waals surface area contributed by atoms with Gasteiger partial charge in [-0.1, -0.05) is 12.1 Å². The third kappa shape index (κ3) is 5.51. The lowest BCUT2D eigenvalue weighted by Crippen LogP contribution is -2.34. The van der Waals surface area contributed by atoms with Crippen LogP contribution in [0, 0.1) is 0 Å². The summed E-state index contributed by atoms with van der Waals surface area (Å²) in [6.45, 7) is 0.894. The standard InChI is InChI=1S/C14H19F4NO2/c1-3-21-11-6-4-5-10(7-11)12(19-2)8-20-9-14(17,18)13(15)16/h4-7,12-13,19H,3,8-9H2,1-2H3. The number of rotatable bonds is 9. The summed E-state index contributed by atoms with van der Waals surface area (Å²) in [5.74, 6) is -3.49. The topological polar surface area (TPSA) is 30.5 Å². The minimum Gasteiger partial charge on any atom is -0.494 e. The highest BCUT2D eigenvalue weighted by Gasteiger charge is 2.41. The Labute approximate surface area is 121 Å². The van der Waals surface area contributed by atoms with E-state index in [1.54, 1.807) is 31.3 Å². The molecule has 0 fully saturated rings. The third-order valence-electron chi connectivity index (χ3n) is 2.82. The Bertz CT molecular complexity index is 429. The van der Waals surface area contributed by atoms with Crippen LogP contribution in [-0.4, -0.2) is 39.2 Å². The molecule has 1 unspecified atom stereocenters. The van der Waals surface area contributed by atoms with Crippen LogP contribution >= 0.6 is 0 Å². The molecule has 0 spiro atoms. The van der Waals surface area contributed by atoms with Crippen LogP contribution in [0.15, 0.2) is 24.3 Å². The van der Waals surface area contributed by atoms with Crippen molar-refractivity contribution in [2.75, 3.05) is 26.9 Å². The van der Waals surface area contributed by atoms with Crippen molar-refractivity contribution in [2.45, 2.75) is 25.3 Å². The number of likely N-dealkylation sites (N-methyl/N-ethyl adjacent to an activating group) is 1. The monoisotopic (exact) mass is 309 g/mol. The van der Waals surface area contributed by atoms with E-state index in [0.717, 1.165) is 5.56 Å². The molecule has 0 radical (unpaired) electrons. The predicted molar refractivity (Wildman–Crippen MR) is 71.2 cm³/mol. The molecule has 0 heterocycles. The summed E-state index contributed by atoms with van der Waals surface area (Å²) in [5, 5.41) is 2.89. The Morgan fingerprint density at radius 1 is 1.29 bits per heavy atom. The first-order chi connectivity index (χ1) is 9.90. The third-order valence-corrected chi connectivity index (χ3v) is 2.82. The van der Waals surface area contributed by atoms with Gasteiger partial charge in [0, 0.05) is 0 Å². The largest absolute Gasteiger partial charge is 0.494 e. The molecular weight excluding hydrogens is 290 g/mol. The molecule has 0 aliphatic carbocycles. The zero-order valence-electron chi connectivity index (χ0n) is 11.9. The molecule has 0 saturated heterocycles. The maximum atomic E-state index is 12.8. The van der Waals surface area contributed by atoms with E-state index < -0.39 is 19.0 Å². The molecule has 0 saturated carbocycles. The minimum atomic E-state index is -4.13. The van der Waals surface area contributed by atoms with Crippen molar-refractivity contribution in [3.63, 3.8) is 0 Å². The normalized spacial score (nSPS) is 13.5. The Morgan fingerprint density at radius 2 is 2.00 bits per heavy atom. The zero-order chi connectivity index (χ0) is 15.9. The number of alkyl halides is 4. The van der Waals surface area contributed by atoms with Crippen LogP contribution in [0.4, 0.5) is 17.6 Å². The highest BCUT2D eigenvalue weighted by atomic mass is 19.3. The zero-order valence-corrected chi connectivity index (χ0v) is 11.9. The molecule has 0 bridgehead atoms. The Hall–Kier alpha value is -1.34. The molecule has 21 heavy (non-hydrogen) atoms. The van der Waals surface area contributed by atoms with Crippen molar-refractivity contribution in [2.24, 2.45) is 0 Å². The average molecular weight is 309 g/mol. The van der Waals surface area contributed by atoms with E-state index in [1.807, 2.05) is 6.92 Å². The number of halogens is 4. The second-order valence-electron chi connectivity index (χ2n) is 4.42. The average Bonchev–Trinajstić information content (AvgIpc) is 2.44. The van der Waals surface area contributed by atoms with Gasteiger partial charge in [-0.3, -0.25) is 0 Å². The molecule has 1 aromatic carbocycles. The molecule has 0 amide bonds. The van der Waals surface area contributed by atoms with E-state index in [4.69, 9.17) is 9.47 Å². The molecular formula is C14H19F4NO2. The van der Waals surface area contributed by atoms with Gasteiger partial charge in [0.25, 0.3) is 0 Å². The van der Waals surface area contributed by atoms with Crippen LogP contribution in [0.5, 0.6) is 5.75 Å². The Kier molecular flexibility index (Phi) is 6.91. The summed E-state index contributed by atoms with van der Waals surface area (Å²) >= 11 is 0. The first-order valence-corrected chi connectivity index (χ1v) is 6.54. The lowest BCUT2D eigenvalue weighted by Gasteiger charge is -2.20. The van der Waals surface area contributed by atoms with Gasteiger partial charge in [-0.2, -0.15) is 8.78 Å². The van der Waals surface area contributed by atoms with Crippen LogP contribution in [0.2, 0.25) is 0 Å². The van der Waals surface area contributed by atoms with Gasteiger partial charge in [0.05, 0.1) is 19.3 Å². The van der Waals surface area contributed by atoms with Gasteiger partial charge in [-0.15, -0.1) is 0 Å². The molecule has 120 valence electrons. The molecule has 7 heteroatoms. The Morgan fingerprint density at radius 3 is 2.57 bits per heavy atom. The van der Waals surface area contributed by atoms with Crippen LogP contribution < -0.4 is 10.1 Å². The highest BCUT2D eigenvalue weighted by molar-refractivity contribution is 5.30. The number of benzene rings is 1. The van der Waals surface area contributed by atoms with Crippen molar-refractivity contribution in [3.05, 3.63) is 29.8 Å². The van der Waals surface area contributed by atoms with Gasteiger partial charge in [-0.25, -0.2) is 8.78 Å². The van der Waals surface area contributed by atoms with E-state index in [1.165, 1.54) is 0 Å². The van der Waals surface area contributed by atoms with Gasteiger partial charge in [-0.05, 0) is 31.7 Å². The van der Waals surface area contributed by atoms with Crippen molar-refractivity contribution >= 4 is 0 Å². The van der Waals surface area contributed by atoms with Gasteiger partial charge in [0.15, 0.2) is 0 Å². The predicted octanol–water partition coefficient (Wildman–Crippen LogP) is 3.26. The van der Waals surface area contributed by atoms with Crippen molar-refractivity contribution in [1.82, 2.24) is 5.32 Å². The summed E-state index contributed by atoms with van der Waals surface area (Å²) in [5.41, 5.74) is 0.767. The lowest BCUT2D eigenvalue weighted by atomic mass is 10.1. The summed E-state index contributed by atoms with van der Waals surface area (Å²) in [6, 6.07) is 6.67. The van der Waals surface area contributed by atoms with Crippen LogP contribution in [-0.2, 0) is 4.74 Å². The summed E-state index contributed by atoms with van der Waals surface area (Å²) in [4.78, 5) is 0. The maximum Gasteiger partial charge on any atom is 0.330 e. The minimum absolute atomic E-state index is 0.144. The molecule has 0 aliphatic heterocycles. The fourth-order valence-corrected chi connectivity index (χ4v) is 1.71. The number of ether oxygens (including phenoxy) is 2. The number of hydrogen-bond donors (Lipinski definition) is 1. The van der Waals surface area contributed by atoms with Crippen molar-refractivity contribution in [1.29, 1.82) is 0 Å². The van der Waals surface area contributed by atoms with Crippen molar-refractivity contribution in [3.8, 4) is 5.75 Å². The van der Waals surface area contributed by atoms with Crippen LogP contribution in [0.25, 0.3) is 0 Å². The van der Waals surface area contributed by atoms with E-state index >= 15 is 0 Å². The van der Waals surface area contributed by atoms with E-state index in [0.29, 0.717) is 12.4 Å². The van der Waals surface area contributed by atoms with Gasteiger partial charge >= 0.3 is 12.3 Å². The maximum absolute atomic E-state index is 12.8. The summed E-state index contributed by atoms with van der Waals surface area (Å²) in [7, 11) is 1.63. The van der Waals surface area contributed by atoms with E-state index in [2.05, 4.69) is 5.32 Å². The smallest absolute Gasteiger partial charge is 0.330 e. The van der Waals surface area contributed by atoms with Crippen molar-refractivity contribution < 1.29 is 27.0 Å². The first kappa shape index (κ1) is 17.7. The van der Waals surface area contributed by atoms with Gasteiger partial charge in [0.1, 0.15) is 12.4 Å². The van der Waals surface area contributed by atoms with Crippen LogP contribution in [0.1, 0.15) is 18.5 Å². The second-order valence-corrected chi connectivity index (χ2v) is 4.42. The molecule has 1 rings (SSSR count). The lowest BCUT2D eigenvalue weighted by molar-refractivity contribution is -0.167. The molecule has 1 atom stereocenters. The molecule has 0 aliphatic rings. The number of nitrogens with one attached hydrogen (secondary N) is 1. The molecule has 0 aromatic heterocycles. The SMILES string of the molecule is CCOc1cccc(C(COCC(F)(F)C(F)F)NC)c1. The molecule has 1 aromatic rings. The fourth-order valence-electron chi connectivity index (χ4n) is 1.71. The highest BCUT2D eigenvalue weighted by Crippen LogP contribution is 2.24. The van der Waals surface area contributed by atoms with Gasteiger partial charge in [0.2, 0.25) is 0 Å².